The first kappa shape index (κ1) is 8.55. The molecule has 0 aliphatic carbocycles. The Morgan fingerprint density at radius 2 is 2.21 bits per heavy atom. The van der Waals surface area contributed by atoms with E-state index in [-0.39, 0.29) is 12.5 Å². The number of aromatic nitrogens is 2. The molecule has 0 spiro atoms. The molecule has 5 nitrogen and oxygen atoms in total. The molecule has 0 saturated carbocycles. The number of nitrogen functional groups attached to an aromatic ring is 1. The predicted molar refractivity (Wildman–Crippen MR) is 51.8 cm³/mol. The fourth-order valence-corrected chi connectivity index (χ4v) is 1.40. The van der Waals surface area contributed by atoms with Gasteiger partial charge in [-0.2, -0.15) is 0 Å². The Balaban J connectivity index is 2.62. The van der Waals surface area contributed by atoms with Gasteiger partial charge in [-0.15, -0.1) is 0 Å². The van der Waals surface area contributed by atoms with Crippen molar-refractivity contribution in [3.05, 3.63) is 24.3 Å². The summed E-state index contributed by atoms with van der Waals surface area (Å²) in [6, 6.07) is 7.24. The summed E-state index contributed by atoms with van der Waals surface area (Å²) in [5.74, 6) is -0.701. The highest BCUT2D eigenvalue weighted by molar-refractivity contribution is 5.80. The molecular weight excluding hydrogens is 182 g/mol. The first-order valence-electron chi connectivity index (χ1n) is 4.11. The van der Waals surface area contributed by atoms with E-state index in [1.807, 2.05) is 12.1 Å². The number of rotatable bonds is 2. The van der Waals surface area contributed by atoms with Crippen LogP contribution in [-0.4, -0.2) is 20.6 Å². The molecule has 2 aromatic rings. The zero-order valence-electron chi connectivity index (χ0n) is 7.34. The molecule has 3 N–H and O–H groups in total. The monoisotopic (exact) mass is 191 g/mol. The first-order valence-corrected chi connectivity index (χ1v) is 4.11. The summed E-state index contributed by atoms with van der Waals surface area (Å²) < 4.78 is 1.47. The lowest BCUT2D eigenvalue weighted by Crippen LogP contribution is -2.11. The maximum absolute atomic E-state index is 10.6. The Morgan fingerprint density at radius 3 is 2.93 bits per heavy atom. The fourth-order valence-electron chi connectivity index (χ4n) is 1.40. The Morgan fingerprint density at radius 1 is 1.50 bits per heavy atom. The standard InChI is InChI=1S/C9H9N3O2/c10-9-11-6-3-1-2-4-7(6)12(9)5-8(13)14/h1-4H,5H2,(H2,10,11)(H,13,14). The van der Waals surface area contributed by atoms with E-state index in [4.69, 9.17) is 10.8 Å². The second kappa shape index (κ2) is 3.02. The number of anilines is 1. The molecule has 0 radical (unpaired) electrons. The number of carbonyl (C=O) groups is 1. The molecule has 0 fully saturated rings. The highest BCUT2D eigenvalue weighted by Gasteiger charge is 2.09. The topological polar surface area (TPSA) is 81.1 Å². The van der Waals surface area contributed by atoms with Gasteiger partial charge in [0, 0.05) is 0 Å². The number of para-hydroxylation sites is 2. The molecule has 2 rings (SSSR count). The molecule has 0 aliphatic rings. The van der Waals surface area contributed by atoms with E-state index in [0.29, 0.717) is 5.52 Å². The number of benzene rings is 1. The molecule has 1 heterocycles. The zero-order chi connectivity index (χ0) is 10.1. The minimum Gasteiger partial charge on any atom is -0.480 e. The largest absolute Gasteiger partial charge is 0.480 e. The summed E-state index contributed by atoms with van der Waals surface area (Å²) in [5, 5.41) is 8.67. The van der Waals surface area contributed by atoms with Crippen LogP contribution in [0.25, 0.3) is 11.0 Å². The molecule has 0 saturated heterocycles. The van der Waals surface area contributed by atoms with Gasteiger partial charge in [-0.05, 0) is 12.1 Å². The summed E-state index contributed by atoms with van der Waals surface area (Å²) in [7, 11) is 0. The minimum absolute atomic E-state index is 0.160. The Bertz CT molecular complexity index is 490. The Labute approximate surface area is 79.8 Å². The van der Waals surface area contributed by atoms with Crippen LogP contribution in [0.5, 0.6) is 0 Å². The predicted octanol–water partition coefficient (Wildman–Crippen LogP) is 0.703. The van der Waals surface area contributed by atoms with Crippen LogP contribution in [0.1, 0.15) is 0 Å². The minimum atomic E-state index is -0.931. The molecule has 1 aromatic heterocycles. The number of fused-ring (bicyclic) bond motifs is 1. The van der Waals surface area contributed by atoms with Crippen molar-refractivity contribution in [2.24, 2.45) is 0 Å². The third kappa shape index (κ3) is 1.28. The summed E-state index contributed by atoms with van der Waals surface area (Å²) in [5.41, 5.74) is 7.05. The van der Waals surface area contributed by atoms with Crippen molar-refractivity contribution < 1.29 is 9.90 Å². The number of carboxylic acids is 1. The van der Waals surface area contributed by atoms with Crippen LogP contribution in [-0.2, 0) is 11.3 Å². The van der Waals surface area contributed by atoms with Crippen LogP contribution >= 0.6 is 0 Å². The summed E-state index contributed by atoms with van der Waals surface area (Å²) >= 11 is 0. The van der Waals surface area contributed by atoms with E-state index in [1.165, 1.54) is 4.57 Å². The van der Waals surface area contributed by atoms with Crippen LogP contribution in [0.15, 0.2) is 24.3 Å². The molecule has 0 unspecified atom stereocenters. The summed E-state index contributed by atoms with van der Waals surface area (Å²) in [6.07, 6.45) is 0. The smallest absolute Gasteiger partial charge is 0.323 e. The number of hydrogen-bond donors (Lipinski definition) is 2. The van der Waals surface area contributed by atoms with Crippen molar-refractivity contribution in [1.29, 1.82) is 0 Å². The van der Waals surface area contributed by atoms with Gasteiger partial charge in [-0.3, -0.25) is 9.36 Å². The van der Waals surface area contributed by atoms with Crippen LogP contribution in [0.4, 0.5) is 5.95 Å². The van der Waals surface area contributed by atoms with Crippen LogP contribution in [0.2, 0.25) is 0 Å². The quantitative estimate of drug-likeness (QED) is 0.732. The third-order valence-corrected chi connectivity index (χ3v) is 1.98. The van der Waals surface area contributed by atoms with Crippen LogP contribution in [0, 0.1) is 0 Å². The van der Waals surface area contributed by atoms with Gasteiger partial charge < -0.3 is 10.8 Å². The lowest BCUT2D eigenvalue weighted by atomic mass is 10.3. The van der Waals surface area contributed by atoms with Crippen molar-refractivity contribution >= 4 is 23.0 Å². The summed E-state index contributed by atoms with van der Waals surface area (Å²) in [6.45, 7) is -0.160. The van der Waals surface area contributed by atoms with Crippen molar-refractivity contribution in [3.8, 4) is 0 Å². The van der Waals surface area contributed by atoms with E-state index in [9.17, 15) is 4.79 Å². The normalized spacial score (nSPS) is 10.6. The van der Waals surface area contributed by atoms with Crippen LogP contribution in [0.3, 0.4) is 0 Å². The van der Waals surface area contributed by atoms with Gasteiger partial charge in [0.2, 0.25) is 5.95 Å². The van der Waals surface area contributed by atoms with Crippen molar-refractivity contribution in [2.45, 2.75) is 6.54 Å². The maximum atomic E-state index is 10.6. The van der Waals surface area contributed by atoms with Gasteiger partial charge in [0.15, 0.2) is 0 Å². The molecule has 1 aromatic carbocycles. The van der Waals surface area contributed by atoms with Crippen molar-refractivity contribution in [3.63, 3.8) is 0 Å². The highest BCUT2D eigenvalue weighted by Crippen LogP contribution is 2.16. The molecule has 0 aliphatic heterocycles. The Hall–Kier alpha value is -2.04. The molecule has 0 amide bonds. The lowest BCUT2D eigenvalue weighted by Gasteiger charge is -2.00. The van der Waals surface area contributed by atoms with E-state index < -0.39 is 5.97 Å². The fraction of sp³-hybridized carbons (Fsp3) is 0.111. The van der Waals surface area contributed by atoms with Gasteiger partial charge in [-0.25, -0.2) is 4.98 Å². The number of aliphatic carboxylic acids is 1. The average molecular weight is 191 g/mol. The van der Waals surface area contributed by atoms with Gasteiger partial charge >= 0.3 is 5.97 Å². The van der Waals surface area contributed by atoms with E-state index >= 15 is 0 Å². The first-order chi connectivity index (χ1) is 6.68. The van der Waals surface area contributed by atoms with Crippen molar-refractivity contribution in [1.82, 2.24) is 9.55 Å². The molecule has 0 bridgehead atoms. The molecule has 0 atom stereocenters. The van der Waals surface area contributed by atoms with E-state index in [2.05, 4.69) is 4.98 Å². The van der Waals surface area contributed by atoms with E-state index in [1.54, 1.807) is 12.1 Å². The number of hydrogen-bond acceptors (Lipinski definition) is 3. The number of nitrogens with two attached hydrogens (primary N) is 1. The van der Waals surface area contributed by atoms with E-state index in [0.717, 1.165) is 5.52 Å². The van der Waals surface area contributed by atoms with Gasteiger partial charge in [-0.1, -0.05) is 12.1 Å². The average Bonchev–Trinajstić information content (AvgIpc) is 2.43. The number of imidazole rings is 1. The van der Waals surface area contributed by atoms with Gasteiger partial charge in [0.25, 0.3) is 0 Å². The maximum Gasteiger partial charge on any atom is 0.323 e. The van der Waals surface area contributed by atoms with Gasteiger partial charge in [0.1, 0.15) is 6.54 Å². The SMILES string of the molecule is Nc1nc2ccccc2n1CC(=O)O. The molecule has 14 heavy (non-hydrogen) atoms. The molecule has 72 valence electrons. The molecular formula is C9H9N3O2. The zero-order valence-corrected chi connectivity index (χ0v) is 7.34. The molecule has 5 heteroatoms. The van der Waals surface area contributed by atoms with Gasteiger partial charge in [0.05, 0.1) is 11.0 Å². The second-order valence-electron chi connectivity index (χ2n) is 2.94. The van der Waals surface area contributed by atoms with Crippen molar-refractivity contribution in [2.75, 3.05) is 5.73 Å². The number of carboxylic acid groups (broad SMARTS) is 1. The van der Waals surface area contributed by atoms with Crippen LogP contribution < -0.4 is 5.73 Å². The highest BCUT2D eigenvalue weighted by atomic mass is 16.4. The number of nitrogens with zero attached hydrogens (tertiary/aromatic N) is 2. The lowest BCUT2D eigenvalue weighted by molar-refractivity contribution is -0.137. The third-order valence-electron chi connectivity index (χ3n) is 1.98. The summed E-state index contributed by atoms with van der Waals surface area (Å²) in [4.78, 5) is 14.6. The Kier molecular flexibility index (Phi) is 1.85. The second-order valence-corrected chi connectivity index (χ2v) is 2.94.